The Labute approximate surface area is 242 Å². The second-order valence-corrected chi connectivity index (χ2v) is 10.9. The molecule has 35 heavy (non-hydrogen) atoms. The molecule has 13 nitrogen and oxygen atoms in total. The smallest absolute Gasteiger partial charge is 0.253 e. The Kier molecular flexibility index (Phi) is 13.3. The van der Waals surface area contributed by atoms with Crippen molar-refractivity contribution in [1.82, 2.24) is 21.3 Å². The number of amides is 4. The lowest BCUT2D eigenvalue weighted by Crippen LogP contribution is -2.69. The van der Waals surface area contributed by atoms with Gasteiger partial charge < -0.3 is 46.8 Å². The summed E-state index contributed by atoms with van der Waals surface area (Å²) in [6.07, 6.45) is -1.51. The summed E-state index contributed by atoms with van der Waals surface area (Å²) in [6.45, 7) is 0.0245. The third kappa shape index (κ3) is 7.68. The first-order valence-corrected chi connectivity index (χ1v) is 13.5. The van der Waals surface area contributed by atoms with E-state index in [9.17, 15) is 44.7 Å². The number of hydrogen-bond donors (Lipinski definition) is 9. The van der Waals surface area contributed by atoms with Gasteiger partial charge in [0, 0.05) is 16.1 Å². The molecular formula is C19H27I3N4O9. The van der Waals surface area contributed by atoms with Gasteiger partial charge in [0.05, 0.1) is 51.6 Å². The molecule has 0 radical (unpaired) electrons. The number of aliphatic hydroxyl groups is 5. The van der Waals surface area contributed by atoms with E-state index in [4.69, 9.17) is 0 Å². The maximum Gasteiger partial charge on any atom is 0.253 e. The van der Waals surface area contributed by atoms with Crippen LogP contribution >= 0.6 is 67.8 Å². The topological polar surface area (TPSA) is 218 Å². The zero-order chi connectivity index (χ0) is 27.1. The van der Waals surface area contributed by atoms with Crippen LogP contribution in [-0.4, -0.2) is 103 Å². The summed E-state index contributed by atoms with van der Waals surface area (Å²) in [5.74, 6) is -3.14. The van der Waals surface area contributed by atoms with Gasteiger partial charge in [-0.2, -0.15) is 0 Å². The normalized spacial score (nSPS) is 21.2. The van der Waals surface area contributed by atoms with Crippen LogP contribution in [0.3, 0.4) is 0 Å². The minimum Gasteiger partial charge on any atom is -0.394 e. The average Bonchev–Trinajstić information content (AvgIpc) is 2.79. The van der Waals surface area contributed by atoms with Crippen molar-refractivity contribution >= 4 is 91.4 Å². The number of hydrogen-bond acceptors (Lipinski definition) is 9. The number of carbonyl (C=O) groups is 4. The fourth-order valence-electron chi connectivity index (χ4n) is 2.94. The highest BCUT2D eigenvalue weighted by atomic mass is 127. The molecule has 1 rings (SSSR count). The summed E-state index contributed by atoms with van der Waals surface area (Å²) in [5, 5.41) is 57.3. The fourth-order valence-corrected chi connectivity index (χ4v) is 8.04. The summed E-state index contributed by atoms with van der Waals surface area (Å²) < 4.78 is -0.822. The lowest BCUT2D eigenvalue weighted by molar-refractivity contribution is -0.131. The van der Waals surface area contributed by atoms with Gasteiger partial charge in [0.15, 0.2) is 5.66 Å². The minimum atomic E-state index is -1.86. The number of carbonyl (C=O) groups excluding carboxylic acids is 4. The maximum absolute atomic E-state index is 13.2. The van der Waals surface area contributed by atoms with Crippen molar-refractivity contribution in [3.8, 4) is 0 Å². The van der Waals surface area contributed by atoms with E-state index in [2.05, 4.69) is 21.3 Å². The number of alkyl halides is 1. The number of aliphatic hydroxyl groups excluding tert-OH is 5. The Bertz CT molecular complexity index is 904. The maximum atomic E-state index is 13.2. The first-order valence-electron chi connectivity index (χ1n) is 10.1. The van der Waals surface area contributed by atoms with Gasteiger partial charge in [-0.05, 0) is 52.1 Å². The van der Waals surface area contributed by atoms with Gasteiger partial charge >= 0.3 is 0 Å². The average molecular weight is 836 g/mol. The fraction of sp³-hybridized carbons (Fsp3) is 0.579. The van der Waals surface area contributed by atoms with Gasteiger partial charge in [0.25, 0.3) is 11.8 Å². The molecule has 9 N–H and O–H groups in total. The van der Waals surface area contributed by atoms with Crippen molar-refractivity contribution in [2.45, 2.75) is 41.6 Å². The van der Waals surface area contributed by atoms with Gasteiger partial charge in [-0.1, -0.05) is 22.6 Å². The molecule has 0 aromatic carbocycles. The molecule has 0 aromatic heterocycles. The molecule has 1 aliphatic carbocycles. The second kappa shape index (κ2) is 14.3. The standard InChI is InChI=1S/C19H27I3N4O9/c1-7(31)16(33)26-19(25-8(2)32)14(21)11(17(34)23-9(3-27)4-28)13(20)12(15(19)22)18(35)24-10(5-29)6-30/h7,9-10,14,27-31H,3-6H2,1-2H3,(H,23,34)(H,24,35)(H,25,32)(H,26,33)/t7-,14?,19?/m0/s1. The van der Waals surface area contributed by atoms with Gasteiger partial charge in [-0.25, -0.2) is 0 Å². The SMILES string of the molecule is CC(=O)NC1(NC(=O)[C@H](C)O)C(I)=C(C(=O)NC(CO)CO)C(I)=C(C(=O)NC(CO)CO)C1I. The molecule has 0 saturated heterocycles. The Morgan fingerprint density at radius 1 is 0.914 bits per heavy atom. The third-order valence-electron chi connectivity index (χ3n) is 4.75. The summed E-state index contributed by atoms with van der Waals surface area (Å²) in [6, 6.07) is -2.06. The van der Waals surface area contributed by atoms with Crippen molar-refractivity contribution in [2.24, 2.45) is 0 Å². The van der Waals surface area contributed by atoms with E-state index in [1.165, 1.54) is 6.92 Å². The minimum absolute atomic E-state index is 0.0761. The summed E-state index contributed by atoms with van der Waals surface area (Å²) in [5.41, 5.74) is -2.08. The first-order chi connectivity index (χ1) is 16.3. The Balaban J connectivity index is 3.87. The predicted octanol–water partition coefficient (Wildman–Crippen LogP) is -2.55. The van der Waals surface area contributed by atoms with Crippen molar-refractivity contribution in [3.63, 3.8) is 0 Å². The highest BCUT2D eigenvalue weighted by Crippen LogP contribution is 2.46. The van der Waals surface area contributed by atoms with Crippen LogP contribution in [0.2, 0.25) is 0 Å². The van der Waals surface area contributed by atoms with Crippen LogP contribution in [0, 0.1) is 0 Å². The van der Waals surface area contributed by atoms with Crippen LogP contribution in [0.25, 0.3) is 0 Å². The Hall–Kier alpha value is -0.650. The molecule has 198 valence electrons. The van der Waals surface area contributed by atoms with Crippen molar-refractivity contribution in [1.29, 1.82) is 0 Å². The molecular weight excluding hydrogens is 809 g/mol. The molecule has 1 aliphatic rings. The molecule has 2 unspecified atom stereocenters. The molecule has 0 aliphatic heterocycles. The van der Waals surface area contributed by atoms with Crippen LogP contribution in [0.1, 0.15) is 13.8 Å². The molecule has 0 saturated carbocycles. The van der Waals surface area contributed by atoms with E-state index in [1.54, 1.807) is 67.8 Å². The van der Waals surface area contributed by atoms with Crippen molar-refractivity contribution in [3.05, 3.63) is 18.3 Å². The monoisotopic (exact) mass is 836 g/mol. The molecule has 4 amide bonds. The van der Waals surface area contributed by atoms with E-state index in [-0.39, 0.29) is 18.3 Å². The van der Waals surface area contributed by atoms with E-state index in [1.807, 2.05) is 0 Å². The van der Waals surface area contributed by atoms with Crippen LogP contribution in [0.4, 0.5) is 0 Å². The zero-order valence-electron chi connectivity index (χ0n) is 18.6. The Morgan fingerprint density at radius 2 is 1.37 bits per heavy atom. The molecule has 0 heterocycles. The lowest BCUT2D eigenvalue weighted by atomic mass is 9.88. The van der Waals surface area contributed by atoms with E-state index >= 15 is 0 Å². The van der Waals surface area contributed by atoms with Crippen molar-refractivity contribution in [2.75, 3.05) is 26.4 Å². The molecule has 3 atom stereocenters. The lowest BCUT2D eigenvalue weighted by Gasteiger charge is -2.44. The molecule has 0 bridgehead atoms. The van der Waals surface area contributed by atoms with Gasteiger partial charge in [-0.15, -0.1) is 0 Å². The molecule has 0 aromatic rings. The van der Waals surface area contributed by atoms with Crippen LogP contribution in [0.15, 0.2) is 18.3 Å². The van der Waals surface area contributed by atoms with Gasteiger partial charge in [0.2, 0.25) is 11.8 Å². The summed E-state index contributed by atoms with van der Waals surface area (Å²) in [4.78, 5) is 51.3. The van der Waals surface area contributed by atoms with Gasteiger partial charge in [0.1, 0.15) is 6.10 Å². The van der Waals surface area contributed by atoms with Crippen LogP contribution in [0.5, 0.6) is 0 Å². The van der Waals surface area contributed by atoms with E-state index in [0.29, 0.717) is 0 Å². The summed E-state index contributed by atoms with van der Waals surface area (Å²) in [7, 11) is 0. The predicted molar refractivity (Wildman–Crippen MR) is 148 cm³/mol. The highest BCUT2D eigenvalue weighted by Gasteiger charge is 2.52. The molecule has 0 fully saturated rings. The second-order valence-electron chi connectivity index (χ2n) is 7.50. The van der Waals surface area contributed by atoms with Crippen molar-refractivity contribution < 1.29 is 44.7 Å². The highest BCUT2D eigenvalue weighted by molar-refractivity contribution is 14.1. The van der Waals surface area contributed by atoms with Crippen LogP contribution < -0.4 is 21.3 Å². The number of halogens is 3. The Morgan fingerprint density at radius 3 is 1.77 bits per heavy atom. The third-order valence-corrected chi connectivity index (χ3v) is 8.82. The van der Waals surface area contributed by atoms with E-state index in [0.717, 1.165) is 6.92 Å². The first kappa shape index (κ1) is 32.4. The molecule has 16 heteroatoms. The quantitative estimate of drug-likeness (QED) is 0.0608. The summed E-state index contributed by atoms with van der Waals surface area (Å²) >= 11 is 5.29. The molecule has 0 spiro atoms. The van der Waals surface area contributed by atoms with Crippen LogP contribution in [-0.2, 0) is 19.2 Å². The number of rotatable bonds is 11. The largest absolute Gasteiger partial charge is 0.394 e. The zero-order valence-corrected chi connectivity index (χ0v) is 25.1. The number of nitrogens with one attached hydrogen (secondary N) is 4. The van der Waals surface area contributed by atoms with E-state index < -0.39 is 77.8 Å². The van der Waals surface area contributed by atoms with Gasteiger partial charge in [-0.3, -0.25) is 19.2 Å².